The molecule has 0 fully saturated rings. The Morgan fingerprint density at radius 1 is 0.559 bits per heavy atom. The Kier molecular flexibility index (Phi) is 7.87. The summed E-state index contributed by atoms with van der Waals surface area (Å²) in [6.45, 7) is 6.68. The number of nitrogens with zero attached hydrogens (tertiary/aromatic N) is 5. The molecule has 0 unspecified atom stereocenters. The molecule has 0 aliphatic rings. The summed E-state index contributed by atoms with van der Waals surface area (Å²) >= 11 is 0. The van der Waals surface area contributed by atoms with Gasteiger partial charge in [0, 0.05) is 45.2 Å². The number of benzene rings is 7. The van der Waals surface area contributed by atoms with Crippen molar-refractivity contribution in [2.24, 2.45) is 0 Å². The minimum absolute atomic E-state index is 0. The van der Waals surface area contributed by atoms with Gasteiger partial charge in [-0.25, -0.2) is 4.98 Å². The zero-order valence-electron chi connectivity index (χ0n) is 32.5. The molecule has 59 heavy (non-hydrogen) atoms. The van der Waals surface area contributed by atoms with Gasteiger partial charge in [0.1, 0.15) is 5.82 Å². The summed E-state index contributed by atoms with van der Waals surface area (Å²) in [7, 11) is 0. The molecule has 0 aliphatic carbocycles. The Hall–Kier alpha value is -6.78. The smallest absolute Gasteiger partial charge is 0.503 e. The number of hydrogen-bond donors (Lipinski definition) is 0. The molecule has 0 N–H and O–H groups in total. The molecule has 0 radical (unpaired) electrons. The van der Waals surface area contributed by atoms with Gasteiger partial charge in [-0.05, 0) is 76.3 Å². The van der Waals surface area contributed by atoms with Crippen molar-refractivity contribution in [3.8, 4) is 23.0 Å². The number of fused-ring (bicyclic) bond motifs is 15. The summed E-state index contributed by atoms with van der Waals surface area (Å²) in [5, 5.41) is 7.69. The third-order valence-electron chi connectivity index (χ3n) is 11.7. The van der Waals surface area contributed by atoms with E-state index in [9.17, 15) is 0 Å². The van der Waals surface area contributed by atoms with Crippen molar-refractivity contribution in [2.45, 2.75) is 26.2 Å². The second-order valence-corrected chi connectivity index (χ2v) is 16.1. The molecule has 284 valence electrons. The van der Waals surface area contributed by atoms with E-state index in [1.165, 1.54) is 16.3 Å². The van der Waals surface area contributed by atoms with Gasteiger partial charge in [0.15, 0.2) is 0 Å². The molecule has 12 aromatic rings. The number of para-hydroxylation sites is 5. The van der Waals surface area contributed by atoms with Crippen LogP contribution in [0.3, 0.4) is 0 Å². The molecule has 7 aromatic carbocycles. The van der Waals surface area contributed by atoms with E-state index in [-0.39, 0.29) is 25.8 Å². The summed E-state index contributed by atoms with van der Waals surface area (Å²) in [4.78, 5) is 10.1. The van der Waals surface area contributed by atoms with E-state index < -0.39 is 0 Å². The SMILES string of the molecule is CC(C)(C)c1ccnc(-n2c3[c-]c(Oc4[c-]c5c(cc4)c4ccc6c(c7ccccc7n6-c6ccccc6)c4n4c6ccccc6nc54)ccc3c3ccccc32)c1.[Pd+2]. The van der Waals surface area contributed by atoms with Crippen LogP contribution in [0.5, 0.6) is 11.5 Å². The summed E-state index contributed by atoms with van der Waals surface area (Å²) in [6.07, 6.45) is 1.90. The maximum Gasteiger partial charge on any atom is 2.00 e. The molecular weight excluding hydrogens is 817 g/mol. The Morgan fingerprint density at radius 3 is 2.02 bits per heavy atom. The van der Waals surface area contributed by atoms with Gasteiger partial charge in [-0.2, -0.15) is 6.07 Å². The van der Waals surface area contributed by atoms with Crippen molar-refractivity contribution >= 4 is 82.0 Å². The van der Waals surface area contributed by atoms with Crippen LogP contribution in [0.25, 0.3) is 93.5 Å². The first-order valence-corrected chi connectivity index (χ1v) is 19.7. The van der Waals surface area contributed by atoms with Gasteiger partial charge in [0.05, 0.1) is 27.7 Å². The van der Waals surface area contributed by atoms with Gasteiger partial charge < -0.3 is 18.3 Å². The summed E-state index contributed by atoms with van der Waals surface area (Å²) in [6, 6.07) is 60.5. The van der Waals surface area contributed by atoms with E-state index in [4.69, 9.17) is 14.7 Å². The fourth-order valence-corrected chi connectivity index (χ4v) is 9.00. The van der Waals surface area contributed by atoms with Crippen molar-refractivity contribution in [1.82, 2.24) is 23.5 Å². The van der Waals surface area contributed by atoms with Crippen molar-refractivity contribution < 1.29 is 25.2 Å². The van der Waals surface area contributed by atoms with E-state index in [1.807, 2.05) is 18.3 Å². The van der Waals surface area contributed by atoms with E-state index >= 15 is 0 Å². The van der Waals surface area contributed by atoms with Gasteiger partial charge in [-0.1, -0.05) is 116 Å². The molecule has 0 atom stereocenters. The fraction of sp³-hybridized carbons (Fsp3) is 0.0769. The molecule has 0 spiro atoms. The standard InChI is InChI=1S/C52H35N5O.Pd/c1-52(2,3)32-27-28-53-48(29-32)56-43-18-10-7-15-37(43)38-24-22-35(31-47(38)56)58-34-21-23-36-39-25-26-46-49(40-16-8-11-19-44(40)55(46)33-13-5-4-6-14-33)50(39)57-45-20-12-9-17-42(45)54-51(57)41(36)30-34;/h4-29H,1-3H3;/q-2;+2. The average Bonchev–Trinajstić information content (AvgIpc) is 3.92. The number of pyridine rings is 2. The quantitative estimate of drug-likeness (QED) is 0.101. The molecule has 0 amide bonds. The van der Waals surface area contributed by atoms with Crippen molar-refractivity contribution in [1.29, 1.82) is 0 Å². The zero-order valence-corrected chi connectivity index (χ0v) is 34.0. The summed E-state index contributed by atoms with van der Waals surface area (Å²) < 4.78 is 13.6. The molecule has 0 bridgehead atoms. The van der Waals surface area contributed by atoms with Crippen LogP contribution < -0.4 is 4.74 Å². The molecule has 7 heteroatoms. The number of rotatable bonds is 4. The van der Waals surface area contributed by atoms with E-state index in [0.717, 1.165) is 82.7 Å². The predicted molar refractivity (Wildman–Crippen MR) is 237 cm³/mol. The fourth-order valence-electron chi connectivity index (χ4n) is 9.00. The minimum Gasteiger partial charge on any atom is -0.503 e. The van der Waals surface area contributed by atoms with Crippen LogP contribution in [0.2, 0.25) is 0 Å². The van der Waals surface area contributed by atoms with E-state index in [0.29, 0.717) is 11.5 Å². The van der Waals surface area contributed by atoms with E-state index in [1.54, 1.807) is 0 Å². The molecule has 12 rings (SSSR count). The van der Waals surface area contributed by atoms with Crippen molar-refractivity contribution in [3.05, 3.63) is 176 Å². The number of aromatic nitrogens is 5. The van der Waals surface area contributed by atoms with E-state index in [2.05, 4.69) is 186 Å². The number of ether oxygens (including phenoxy) is 1. The van der Waals surface area contributed by atoms with Crippen LogP contribution in [-0.2, 0) is 25.8 Å². The molecule has 0 saturated heterocycles. The van der Waals surface area contributed by atoms with Gasteiger partial charge >= 0.3 is 20.4 Å². The first-order chi connectivity index (χ1) is 28.4. The van der Waals surface area contributed by atoms with Gasteiger partial charge in [0.2, 0.25) is 0 Å². The molecule has 5 aromatic heterocycles. The monoisotopic (exact) mass is 851 g/mol. The topological polar surface area (TPSA) is 49.3 Å². The molecule has 6 nitrogen and oxygen atoms in total. The van der Waals surface area contributed by atoms with Crippen molar-refractivity contribution in [2.75, 3.05) is 0 Å². The zero-order chi connectivity index (χ0) is 38.7. The van der Waals surface area contributed by atoms with Gasteiger partial charge in [0.25, 0.3) is 0 Å². The van der Waals surface area contributed by atoms with Crippen LogP contribution >= 0.6 is 0 Å². The molecule has 0 saturated carbocycles. The Labute approximate surface area is 353 Å². The number of imidazole rings is 1. The third kappa shape index (κ3) is 5.29. The first kappa shape index (κ1) is 35.4. The second-order valence-electron chi connectivity index (χ2n) is 16.1. The minimum atomic E-state index is -0.0230. The van der Waals surface area contributed by atoms with Crippen LogP contribution in [0.15, 0.2) is 158 Å². The average molecular weight is 852 g/mol. The van der Waals surface area contributed by atoms with Crippen LogP contribution in [0.1, 0.15) is 26.3 Å². The second kappa shape index (κ2) is 13.1. The van der Waals surface area contributed by atoms with Gasteiger partial charge in [-0.15, -0.1) is 29.7 Å². The largest absolute Gasteiger partial charge is 2.00 e. The summed E-state index contributed by atoms with van der Waals surface area (Å²) in [5.41, 5.74) is 10.5. The molecular formula is C52H35N5OPd. The van der Waals surface area contributed by atoms with Crippen LogP contribution in [0.4, 0.5) is 0 Å². The summed E-state index contributed by atoms with van der Waals surface area (Å²) in [5.74, 6) is 2.04. The molecule has 5 heterocycles. The molecule has 0 aliphatic heterocycles. The normalized spacial score (nSPS) is 12.2. The Morgan fingerprint density at radius 2 is 1.22 bits per heavy atom. The van der Waals surface area contributed by atoms with Crippen LogP contribution in [0, 0.1) is 12.1 Å². The number of hydrogen-bond acceptors (Lipinski definition) is 3. The third-order valence-corrected chi connectivity index (χ3v) is 11.7. The van der Waals surface area contributed by atoms with Crippen molar-refractivity contribution in [3.63, 3.8) is 0 Å². The first-order valence-electron chi connectivity index (χ1n) is 19.7. The predicted octanol–water partition coefficient (Wildman–Crippen LogP) is 13.1. The maximum atomic E-state index is 6.69. The van der Waals surface area contributed by atoms with Gasteiger partial charge in [-0.3, -0.25) is 4.98 Å². The maximum absolute atomic E-state index is 6.69. The Bertz CT molecular complexity index is 3650. The van der Waals surface area contributed by atoms with Crippen LogP contribution in [-0.4, -0.2) is 23.5 Å². The Balaban J connectivity index is 0.00000397.